The molecular weight excluding hydrogens is 402 g/mol. The van der Waals surface area contributed by atoms with Crippen molar-refractivity contribution >= 4 is 39.9 Å². The molecule has 0 fully saturated rings. The van der Waals surface area contributed by atoms with Crippen molar-refractivity contribution in [3.8, 4) is 5.75 Å². The molecule has 0 saturated carbocycles. The van der Waals surface area contributed by atoms with Crippen LogP contribution in [0.15, 0.2) is 30.5 Å². The number of aromatic nitrogens is 2. The van der Waals surface area contributed by atoms with Crippen molar-refractivity contribution in [3.63, 3.8) is 0 Å². The van der Waals surface area contributed by atoms with Gasteiger partial charge in [-0.25, -0.2) is 14.8 Å². The maximum Gasteiger partial charge on any atom is 0.219 e. The molecule has 1 aliphatic rings. The first-order chi connectivity index (χ1) is 15.2. The number of rotatable bonds is 4. The number of pyridine rings is 2. The number of nitrogens with zero attached hydrogens (tertiary/aromatic N) is 4. The Morgan fingerprint density at radius 1 is 1.47 bits per heavy atom. The van der Waals surface area contributed by atoms with Crippen molar-refractivity contribution < 1.29 is 12.3 Å². The summed E-state index contributed by atoms with van der Waals surface area (Å²) in [6, 6.07) is 6.34. The van der Waals surface area contributed by atoms with E-state index in [1.165, 1.54) is 26.3 Å². The minimum Gasteiger partial charge on any atom is -0.495 e. The van der Waals surface area contributed by atoms with Crippen LogP contribution in [0.2, 0.25) is 5.02 Å². The zero-order chi connectivity index (χ0) is 23.0. The van der Waals surface area contributed by atoms with Crippen molar-refractivity contribution in [1.29, 1.82) is 0 Å². The van der Waals surface area contributed by atoms with Crippen LogP contribution in [0, 0.1) is 6.57 Å². The number of ether oxygens (including phenoxy) is 1. The Hall–Kier alpha value is -3.37. The minimum absolute atomic E-state index is 0.0697. The van der Waals surface area contributed by atoms with E-state index < -0.39 is 6.50 Å². The molecule has 7 nitrogen and oxygen atoms in total. The summed E-state index contributed by atoms with van der Waals surface area (Å²) < 4.78 is 22.6. The number of fused-ring (bicyclic) bond motifs is 2. The summed E-state index contributed by atoms with van der Waals surface area (Å²) in [5.74, 6) is 0.376. The Morgan fingerprint density at radius 3 is 3.00 bits per heavy atom. The topological polar surface area (TPSA) is 71.7 Å². The molecule has 0 unspecified atom stereocenters. The van der Waals surface area contributed by atoms with Crippen LogP contribution in [0.25, 0.3) is 15.9 Å². The van der Waals surface area contributed by atoms with E-state index in [1.807, 2.05) is 0 Å². The number of nitrogens with one attached hydrogen (secondary N) is 1. The molecule has 0 radical (unpaired) electrons. The third-order valence-corrected chi connectivity index (χ3v) is 5.33. The summed E-state index contributed by atoms with van der Waals surface area (Å²) in [6.45, 7) is 7.63. The number of amides is 1. The Morgan fingerprint density at radius 2 is 2.30 bits per heavy atom. The van der Waals surface area contributed by atoms with Gasteiger partial charge in [0, 0.05) is 50.1 Å². The summed E-state index contributed by atoms with van der Waals surface area (Å²) in [4.78, 5) is 26.1. The Labute approximate surface area is 182 Å². The number of carbonyl (C=O) groups excluding carboxylic acids is 1. The largest absolute Gasteiger partial charge is 0.495 e. The molecule has 1 amide bonds. The predicted octanol–water partition coefficient (Wildman–Crippen LogP) is 4.36. The third kappa shape index (κ3) is 3.74. The van der Waals surface area contributed by atoms with Crippen LogP contribution < -0.4 is 10.1 Å². The second kappa shape index (κ2) is 8.17. The lowest BCUT2D eigenvalue weighted by Gasteiger charge is -2.29. The van der Waals surface area contributed by atoms with Crippen LogP contribution >= 0.6 is 11.6 Å². The second-order valence-electron chi connectivity index (χ2n) is 6.88. The quantitative estimate of drug-likeness (QED) is 0.631. The van der Waals surface area contributed by atoms with Crippen LogP contribution in [-0.2, 0) is 24.3 Å². The average molecular weight is 424 g/mol. The van der Waals surface area contributed by atoms with Gasteiger partial charge in [-0.15, -0.1) is 0 Å². The second-order valence-corrected chi connectivity index (χ2v) is 7.29. The fourth-order valence-electron chi connectivity index (χ4n) is 3.46. The fourth-order valence-corrected chi connectivity index (χ4v) is 3.72. The minimum atomic E-state index is -2.02. The number of carbonyl (C=O) groups is 1. The van der Waals surface area contributed by atoms with Crippen molar-refractivity contribution in [2.75, 3.05) is 19.0 Å². The van der Waals surface area contributed by atoms with Gasteiger partial charge in [0.15, 0.2) is 5.65 Å². The van der Waals surface area contributed by atoms with Gasteiger partial charge in [-0.05, 0) is 23.8 Å². The maximum absolute atomic E-state index is 12.0. The lowest BCUT2D eigenvalue weighted by Crippen LogP contribution is -2.35. The number of hydrogen-bond donors (Lipinski definition) is 1. The monoisotopic (exact) mass is 423 g/mol. The van der Waals surface area contributed by atoms with E-state index in [-0.39, 0.29) is 17.5 Å². The standard InChI is InChI=1S/C22H20ClN5O2/c1-13(29)28-7-6-19-17(12-28)21(16-9-15(24-2)11-26-22(16)27-19)25-10-14-4-5-20(30-3)18(23)8-14/h4-5,8-9,11H,6-7,10,12H2,1,3H3,(H,25,26,27)/i10D2. The normalized spacial score (nSPS) is 14.4. The van der Waals surface area contributed by atoms with E-state index >= 15 is 0 Å². The van der Waals surface area contributed by atoms with Crippen LogP contribution in [-0.4, -0.2) is 34.4 Å². The van der Waals surface area contributed by atoms with E-state index in [0.717, 1.165) is 5.69 Å². The van der Waals surface area contributed by atoms with E-state index in [2.05, 4.69) is 20.1 Å². The highest BCUT2D eigenvalue weighted by atomic mass is 35.5. The molecule has 3 aromatic rings. The molecule has 3 heterocycles. The molecular formula is C22H20ClN5O2. The van der Waals surface area contributed by atoms with Gasteiger partial charge < -0.3 is 15.0 Å². The molecule has 30 heavy (non-hydrogen) atoms. The van der Waals surface area contributed by atoms with Crippen LogP contribution in [0.5, 0.6) is 5.75 Å². The van der Waals surface area contributed by atoms with E-state index in [1.54, 1.807) is 23.1 Å². The Bertz CT molecular complexity index is 1280. The molecule has 0 atom stereocenters. The molecule has 0 spiro atoms. The Kier molecular flexibility index (Phi) is 4.76. The van der Waals surface area contributed by atoms with Gasteiger partial charge >= 0.3 is 0 Å². The summed E-state index contributed by atoms with van der Waals surface area (Å²) in [5.41, 5.74) is 2.96. The van der Waals surface area contributed by atoms with Crippen molar-refractivity contribution in [2.45, 2.75) is 26.4 Å². The highest BCUT2D eigenvalue weighted by Crippen LogP contribution is 2.34. The first kappa shape index (κ1) is 17.5. The maximum atomic E-state index is 12.0. The fraction of sp³-hybridized carbons (Fsp3) is 0.273. The van der Waals surface area contributed by atoms with Gasteiger partial charge in [0.25, 0.3) is 0 Å². The predicted molar refractivity (Wildman–Crippen MR) is 116 cm³/mol. The van der Waals surface area contributed by atoms with Gasteiger partial charge in [-0.1, -0.05) is 17.7 Å². The zero-order valence-corrected chi connectivity index (χ0v) is 17.2. The van der Waals surface area contributed by atoms with Crippen LogP contribution in [0.3, 0.4) is 0 Å². The summed E-state index contributed by atoms with van der Waals surface area (Å²) in [5, 5.41) is 3.80. The van der Waals surface area contributed by atoms with Crippen molar-refractivity contribution in [3.05, 3.63) is 63.7 Å². The average Bonchev–Trinajstić information content (AvgIpc) is 2.78. The number of halogens is 1. The molecule has 4 rings (SSSR count). The lowest BCUT2D eigenvalue weighted by atomic mass is 10.0. The molecule has 152 valence electrons. The molecule has 0 aliphatic carbocycles. The summed E-state index contributed by atoms with van der Waals surface area (Å²) in [7, 11) is 1.49. The highest BCUT2D eigenvalue weighted by molar-refractivity contribution is 6.32. The van der Waals surface area contributed by atoms with Gasteiger partial charge in [-0.3, -0.25) is 4.79 Å². The summed E-state index contributed by atoms with van der Waals surface area (Å²) in [6.07, 6.45) is 1.98. The molecule has 0 bridgehead atoms. The first-order valence-corrected chi connectivity index (χ1v) is 9.68. The first-order valence-electron chi connectivity index (χ1n) is 10.3. The molecule has 0 saturated heterocycles. The molecule has 2 aromatic heterocycles. The number of benzene rings is 1. The molecule has 1 aromatic carbocycles. The van der Waals surface area contributed by atoms with Crippen LogP contribution in [0.4, 0.5) is 11.4 Å². The lowest BCUT2D eigenvalue weighted by molar-refractivity contribution is -0.129. The molecule has 1 aliphatic heterocycles. The van der Waals surface area contributed by atoms with Gasteiger partial charge in [-0.2, -0.15) is 0 Å². The smallest absolute Gasteiger partial charge is 0.219 e. The van der Waals surface area contributed by atoms with Gasteiger partial charge in [0.05, 0.1) is 32.8 Å². The van der Waals surface area contributed by atoms with E-state index in [4.69, 9.17) is 25.7 Å². The van der Waals surface area contributed by atoms with Gasteiger partial charge in [0.2, 0.25) is 11.6 Å². The molecule has 8 heteroatoms. The van der Waals surface area contributed by atoms with Crippen molar-refractivity contribution in [2.24, 2.45) is 0 Å². The third-order valence-electron chi connectivity index (χ3n) is 5.04. The number of anilines is 1. The SMILES string of the molecule is [2H]C([2H])(Nc1c2c(nc3ncc([N+]#[C-])cc13)CCN(C(C)=O)C2)c1ccc(OC)c(Cl)c1. The highest BCUT2D eigenvalue weighted by Gasteiger charge is 2.24. The zero-order valence-electron chi connectivity index (χ0n) is 18.5. The van der Waals surface area contributed by atoms with Crippen molar-refractivity contribution in [1.82, 2.24) is 14.9 Å². The van der Waals surface area contributed by atoms with E-state index in [9.17, 15) is 4.79 Å². The van der Waals surface area contributed by atoms with Gasteiger partial charge in [0.1, 0.15) is 5.75 Å². The summed E-state index contributed by atoms with van der Waals surface area (Å²) >= 11 is 6.23. The number of hydrogen-bond acceptors (Lipinski definition) is 5. The number of methoxy groups -OCH3 is 1. The van der Waals surface area contributed by atoms with E-state index in [0.29, 0.717) is 52.3 Å². The Balaban J connectivity index is 1.87. The van der Waals surface area contributed by atoms with Crippen LogP contribution in [0.1, 0.15) is 26.5 Å². The molecule has 1 N–H and O–H groups in total.